The van der Waals surface area contributed by atoms with E-state index in [1.54, 1.807) is 32.4 Å². The van der Waals surface area contributed by atoms with Crippen molar-refractivity contribution in [3.8, 4) is 0 Å². The molecule has 1 aromatic rings. The average molecular weight is 187 g/mol. The molecule has 2 N–H and O–H groups in total. The molecular formula is C8H11ClN2O. The number of hydrogen-bond donors (Lipinski definition) is 1. The van der Waals surface area contributed by atoms with Gasteiger partial charge in [-0.2, -0.15) is 0 Å². The molecule has 0 aliphatic heterocycles. The van der Waals surface area contributed by atoms with Gasteiger partial charge in [0.15, 0.2) is 0 Å². The minimum atomic E-state index is 0.583. The molecule has 0 bridgehead atoms. The van der Waals surface area contributed by atoms with Crippen LogP contribution in [0, 0.1) is 0 Å². The zero-order chi connectivity index (χ0) is 9.14. The van der Waals surface area contributed by atoms with Gasteiger partial charge >= 0.3 is 0 Å². The summed E-state index contributed by atoms with van der Waals surface area (Å²) in [5, 5.41) is 2.11. The molecule has 0 radical (unpaired) electrons. The fourth-order valence-corrected chi connectivity index (χ4v) is 1.26. The molecule has 12 heavy (non-hydrogen) atoms. The number of anilines is 2. The maximum atomic E-state index is 5.90. The SMILES string of the molecule is CON(C)c1c(N)cccc1Cl. The Balaban J connectivity index is 3.12. The van der Waals surface area contributed by atoms with Crippen LogP contribution < -0.4 is 10.8 Å². The molecule has 0 aliphatic carbocycles. The molecule has 0 amide bonds. The van der Waals surface area contributed by atoms with E-state index in [0.717, 1.165) is 0 Å². The third-order valence-electron chi connectivity index (χ3n) is 1.61. The molecule has 0 heterocycles. The highest BCUT2D eigenvalue weighted by atomic mass is 35.5. The second-order valence-electron chi connectivity index (χ2n) is 2.36. The van der Waals surface area contributed by atoms with Gasteiger partial charge in [-0.15, -0.1) is 0 Å². The highest BCUT2D eigenvalue weighted by Crippen LogP contribution is 2.30. The van der Waals surface area contributed by atoms with E-state index in [-0.39, 0.29) is 0 Å². The Morgan fingerprint density at radius 3 is 2.67 bits per heavy atom. The number of nitrogens with two attached hydrogens (primary N) is 1. The van der Waals surface area contributed by atoms with Crippen molar-refractivity contribution in [2.45, 2.75) is 0 Å². The van der Waals surface area contributed by atoms with E-state index in [9.17, 15) is 0 Å². The van der Waals surface area contributed by atoms with Gasteiger partial charge in [-0.1, -0.05) is 17.7 Å². The van der Waals surface area contributed by atoms with E-state index >= 15 is 0 Å². The molecule has 3 nitrogen and oxygen atoms in total. The maximum Gasteiger partial charge on any atom is 0.105 e. The Morgan fingerprint density at radius 1 is 1.50 bits per heavy atom. The van der Waals surface area contributed by atoms with Crippen LogP contribution >= 0.6 is 11.6 Å². The largest absolute Gasteiger partial charge is 0.397 e. The van der Waals surface area contributed by atoms with Gasteiger partial charge in [0.1, 0.15) is 5.69 Å². The lowest BCUT2D eigenvalue weighted by Crippen LogP contribution is -2.16. The van der Waals surface area contributed by atoms with Crippen LogP contribution in [0.25, 0.3) is 0 Å². The monoisotopic (exact) mass is 186 g/mol. The van der Waals surface area contributed by atoms with Gasteiger partial charge in [0.2, 0.25) is 0 Å². The number of benzene rings is 1. The molecule has 4 heteroatoms. The predicted octanol–water partition coefficient (Wildman–Crippen LogP) is 1.92. The van der Waals surface area contributed by atoms with Crippen LogP contribution in [0.2, 0.25) is 5.02 Å². The van der Waals surface area contributed by atoms with Crippen LogP contribution in [-0.2, 0) is 4.84 Å². The van der Waals surface area contributed by atoms with Gasteiger partial charge in [-0.25, -0.2) is 0 Å². The zero-order valence-electron chi connectivity index (χ0n) is 7.04. The van der Waals surface area contributed by atoms with E-state index in [2.05, 4.69) is 0 Å². The number of hydrogen-bond acceptors (Lipinski definition) is 3. The van der Waals surface area contributed by atoms with Crippen LogP contribution in [0.3, 0.4) is 0 Å². The summed E-state index contributed by atoms with van der Waals surface area (Å²) in [4.78, 5) is 4.97. The van der Waals surface area contributed by atoms with Gasteiger partial charge in [0.05, 0.1) is 17.8 Å². The summed E-state index contributed by atoms with van der Waals surface area (Å²) in [5.74, 6) is 0. The van der Waals surface area contributed by atoms with Crippen molar-refractivity contribution in [1.29, 1.82) is 0 Å². The van der Waals surface area contributed by atoms with Gasteiger partial charge < -0.3 is 5.73 Å². The van der Waals surface area contributed by atoms with Gasteiger partial charge in [-0.3, -0.25) is 9.90 Å². The molecule has 66 valence electrons. The lowest BCUT2D eigenvalue weighted by molar-refractivity contribution is 0.185. The second kappa shape index (κ2) is 3.65. The third kappa shape index (κ3) is 1.62. The number of rotatable bonds is 2. The molecule has 0 saturated carbocycles. The van der Waals surface area contributed by atoms with Crippen LogP contribution in [0.5, 0.6) is 0 Å². The Bertz CT molecular complexity index is 258. The minimum Gasteiger partial charge on any atom is -0.397 e. The number of nitrogens with zero attached hydrogens (tertiary/aromatic N) is 1. The van der Waals surface area contributed by atoms with Gasteiger partial charge in [0.25, 0.3) is 0 Å². The quantitative estimate of drug-likeness (QED) is 0.567. The first kappa shape index (κ1) is 9.16. The number of hydroxylamine groups is 1. The molecule has 0 fully saturated rings. The minimum absolute atomic E-state index is 0.583. The summed E-state index contributed by atoms with van der Waals surface area (Å²) in [5.41, 5.74) is 6.99. The number of nitrogen functional groups attached to an aromatic ring is 1. The topological polar surface area (TPSA) is 38.5 Å². The lowest BCUT2D eigenvalue weighted by atomic mass is 10.3. The van der Waals surface area contributed by atoms with Crippen molar-refractivity contribution in [2.75, 3.05) is 25.0 Å². The van der Waals surface area contributed by atoms with E-state index in [1.807, 2.05) is 0 Å². The zero-order valence-corrected chi connectivity index (χ0v) is 7.80. The molecule has 0 aromatic heterocycles. The average Bonchev–Trinajstić information content (AvgIpc) is 2.03. The number of halogens is 1. The first-order chi connectivity index (χ1) is 5.66. The van der Waals surface area contributed by atoms with Crippen LogP contribution in [0.15, 0.2) is 18.2 Å². The molecule has 1 aromatic carbocycles. The molecule has 0 saturated heterocycles. The summed E-state index contributed by atoms with van der Waals surface area (Å²) in [6, 6.07) is 5.34. The standard InChI is InChI=1S/C8H11ClN2O/c1-11(12-2)8-6(9)4-3-5-7(8)10/h3-5H,10H2,1-2H3. The Kier molecular flexibility index (Phi) is 2.78. The van der Waals surface area contributed by atoms with E-state index in [4.69, 9.17) is 22.2 Å². The van der Waals surface area contributed by atoms with Gasteiger partial charge in [-0.05, 0) is 12.1 Å². The van der Waals surface area contributed by atoms with Crippen molar-refractivity contribution in [3.63, 3.8) is 0 Å². The summed E-state index contributed by atoms with van der Waals surface area (Å²) in [6.45, 7) is 0. The highest BCUT2D eigenvalue weighted by Gasteiger charge is 2.08. The lowest BCUT2D eigenvalue weighted by Gasteiger charge is -2.18. The molecule has 0 unspecified atom stereocenters. The van der Waals surface area contributed by atoms with E-state index in [1.165, 1.54) is 5.06 Å². The van der Waals surface area contributed by atoms with Crippen molar-refractivity contribution in [1.82, 2.24) is 0 Å². The summed E-state index contributed by atoms with van der Waals surface area (Å²) < 4.78 is 0. The van der Waals surface area contributed by atoms with E-state index in [0.29, 0.717) is 16.4 Å². The molecule has 1 rings (SSSR count). The normalized spacial score (nSPS) is 9.92. The first-order valence-corrected chi connectivity index (χ1v) is 3.86. The Labute approximate surface area is 76.6 Å². The second-order valence-corrected chi connectivity index (χ2v) is 2.76. The van der Waals surface area contributed by atoms with Gasteiger partial charge in [0, 0.05) is 7.05 Å². The summed E-state index contributed by atoms with van der Waals surface area (Å²) >= 11 is 5.90. The Hall–Kier alpha value is -0.930. The van der Waals surface area contributed by atoms with Crippen molar-refractivity contribution < 1.29 is 4.84 Å². The summed E-state index contributed by atoms with van der Waals surface area (Å²) in [7, 11) is 3.31. The molecule has 0 aliphatic rings. The highest BCUT2D eigenvalue weighted by molar-refractivity contribution is 6.33. The van der Waals surface area contributed by atoms with E-state index < -0.39 is 0 Å². The molecular weight excluding hydrogens is 176 g/mol. The first-order valence-electron chi connectivity index (χ1n) is 3.48. The summed E-state index contributed by atoms with van der Waals surface area (Å²) in [6.07, 6.45) is 0. The van der Waals surface area contributed by atoms with Crippen molar-refractivity contribution >= 4 is 23.0 Å². The fraction of sp³-hybridized carbons (Fsp3) is 0.250. The Morgan fingerprint density at radius 2 is 2.17 bits per heavy atom. The van der Waals surface area contributed by atoms with Crippen molar-refractivity contribution in [3.05, 3.63) is 23.2 Å². The fourth-order valence-electron chi connectivity index (χ4n) is 0.956. The maximum absolute atomic E-state index is 5.90. The van der Waals surface area contributed by atoms with Crippen LogP contribution in [0.1, 0.15) is 0 Å². The number of para-hydroxylation sites is 1. The molecule has 0 spiro atoms. The van der Waals surface area contributed by atoms with Crippen LogP contribution in [0.4, 0.5) is 11.4 Å². The van der Waals surface area contributed by atoms with Crippen molar-refractivity contribution in [2.24, 2.45) is 0 Å². The molecule has 0 atom stereocenters. The smallest absolute Gasteiger partial charge is 0.105 e. The third-order valence-corrected chi connectivity index (χ3v) is 1.91. The predicted molar refractivity (Wildman–Crippen MR) is 51.3 cm³/mol. The van der Waals surface area contributed by atoms with Crippen LogP contribution in [-0.4, -0.2) is 14.2 Å².